The summed E-state index contributed by atoms with van der Waals surface area (Å²) in [5.41, 5.74) is 0. The molecule has 0 aromatic rings. The summed E-state index contributed by atoms with van der Waals surface area (Å²) in [5.74, 6) is -0.217. The van der Waals surface area contributed by atoms with Crippen LogP contribution in [0.1, 0.15) is 251 Å². The van der Waals surface area contributed by atoms with Gasteiger partial charge in [0.1, 0.15) is 13.2 Å². The maximum atomic E-state index is 13.0. The summed E-state index contributed by atoms with van der Waals surface area (Å²) >= 11 is 0. The van der Waals surface area contributed by atoms with E-state index < -0.39 is 26.6 Å². The van der Waals surface area contributed by atoms with E-state index in [0.717, 1.165) is 103 Å². The van der Waals surface area contributed by atoms with Crippen molar-refractivity contribution in [2.24, 2.45) is 0 Å². The number of likely N-dealkylation sites (N-methyl/N-ethyl adjacent to an activating group) is 1. The molecule has 3 atom stereocenters. The molecule has 462 valence electrons. The van der Waals surface area contributed by atoms with E-state index in [0.29, 0.717) is 17.4 Å². The largest absolute Gasteiger partial charge is 0.756 e. The van der Waals surface area contributed by atoms with Crippen LogP contribution in [0.25, 0.3) is 0 Å². The second-order valence-electron chi connectivity index (χ2n) is 22.7. The number of nitrogens with zero attached hydrogens (tertiary/aromatic N) is 1. The molecule has 0 radical (unpaired) electrons. The molecule has 0 saturated carbocycles. The molecule has 0 aliphatic rings. The first kappa shape index (κ1) is 77.4. The van der Waals surface area contributed by atoms with Crippen LogP contribution in [0.4, 0.5) is 0 Å². The predicted octanol–water partition coefficient (Wildman–Crippen LogP) is 20.2. The molecule has 8 nitrogen and oxygen atoms in total. The Hall–Kier alpha value is -3.62. The van der Waals surface area contributed by atoms with Crippen molar-refractivity contribution in [3.8, 4) is 0 Å². The van der Waals surface area contributed by atoms with E-state index in [1.54, 1.807) is 6.08 Å². The minimum absolute atomic E-state index is 0.0151. The summed E-state index contributed by atoms with van der Waals surface area (Å²) in [6, 6.07) is -0.920. The van der Waals surface area contributed by atoms with E-state index in [-0.39, 0.29) is 12.5 Å². The highest BCUT2D eigenvalue weighted by atomic mass is 31.2. The van der Waals surface area contributed by atoms with Gasteiger partial charge in [0.25, 0.3) is 7.82 Å². The third kappa shape index (κ3) is 63.8. The highest BCUT2D eigenvalue weighted by molar-refractivity contribution is 7.45. The van der Waals surface area contributed by atoms with Crippen molar-refractivity contribution in [1.29, 1.82) is 0 Å². The van der Waals surface area contributed by atoms with Crippen LogP contribution in [0.5, 0.6) is 0 Å². The van der Waals surface area contributed by atoms with Crippen molar-refractivity contribution < 1.29 is 32.9 Å². The monoisotopic (exact) mass is 1140 g/mol. The number of carbonyl (C=O) groups is 1. The van der Waals surface area contributed by atoms with E-state index in [1.165, 1.54) is 128 Å². The predicted molar refractivity (Wildman–Crippen MR) is 352 cm³/mol. The van der Waals surface area contributed by atoms with E-state index in [4.69, 9.17) is 9.05 Å². The van der Waals surface area contributed by atoms with Gasteiger partial charge < -0.3 is 28.8 Å². The molecule has 0 rings (SSSR count). The van der Waals surface area contributed by atoms with Crippen molar-refractivity contribution >= 4 is 13.7 Å². The smallest absolute Gasteiger partial charge is 0.268 e. The van der Waals surface area contributed by atoms with Gasteiger partial charge in [0.05, 0.1) is 39.9 Å². The van der Waals surface area contributed by atoms with Crippen LogP contribution in [-0.2, 0) is 18.4 Å². The number of quaternary nitrogens is 1. The Balaban J connectivity index is 4.11. The number of amides is 1. The molecule has 0 spiro atoms. The maximum absolute atomic E-state index is 13.0. The molecule has 3 unspecified atom stereocenters. The molecule has 0 aliphatic carbocycles. The number of allylic oxidation sites excluding steroid dienone is 23. The van der Waals surface area contributed by atoms with Crippen LogP contribution in [0, 0.1) is 0 Å². The number of phosphoric ester groups is 1. The summed E-state index contributed by atoms with van der Waals surface area (Å²) in [7, 11) is 1.22. The number of nitrogens with one attached hydrogen (secondary N) is 1. The zero-order chi connectivity index (χ0) is 59.1. The Morgan fingerprint density at radius 3 is 1.15 bits per heavy atom. The van der Waals surface area contributed by atoms with Crippen LogP contribution < -0.4 is 10.2 Å². The van der Waals surface area contributed by atoms with Crippen molar-refractivity contribution in [3.63, 3.8) is 0 Å². The quantitative estimate of drug-likeness (QED) is 0.0272. The van der Waals surface area contributed by atoms with Crippen molar-refractivity contribution in [3.05, 3.63) is 146 Å². The number of carbonyl (C=O) groups excluding carboxylic acids is 1. The summed E-state index contributed by atoms with van der Waals surface area (Å²) in [5, 5.41) is 13.9. The number of hydrogen-bond donors (Lipinski definition) is 2. The van der Waals surface area contributed by atoms with E-state index in [9.17, 15) is 19.4 Å². The van der Waals surface area contributed by atoms with Crippen LogP contribution in [0.3, 0.4) is 0 Å². The summed E-state index contributed by atoms with van der Waals surface area (Å²) in [6.45, 7) is 4.49. The average molecular weight is 1140 g/mol. The van der Waals surface area contributed by atoms with Gasteiger partial charge in [-0.05, 0) is 116 Å². The highest BCUT2D eigenvalue weighted by Crippen LogP contribution is 2.38. The van der Waals surface area contributed by atoms with Crippen molar-refractivity contribution in [2.45, 2.75) is 264 Å². The van der Waals surface area contributed by atoms with Gasteiger partial charge >= 0.3 is 0 Å². The number of phosphoric acid groups is 1. The molecule has 0 bridgehead atoms. The molecule has 1 amide bonds. The molecule has 0 heterocycles. The Morgan fingerprint density at radius 2 is 0.765 bits per heavy atom. The standard InChI is InChI=1S/C72H123N2O6P/c1-6-8-10-12-14-16-18-20-22-24-26-27-28-29-30-31-32-33-34-35-36-37-38-39-40-41-42-43-44-45-46-47-48-50-52-54-56-58-60-62-64-66-72(76)73-70(69-80-81(77,78)79-68-67-74(3,4)5)71(75)65-63-61-59-57-55-53-51-49-25-23-21-19-17-15-13-11-9-7-2/h8,10,14,16,20,22,25-27,29-30,32-33,35-36,38-39,41-42,49,55,57,63,65,70-71,75H,6-7,9,11-13,15,17-19,21,23-24,28,31,34,37,40,43-48,50-54,56,58-62,64,66-69H2,1-5H3,(H-,73,76,77,78)/b10-8-,16-14-,22-20-,27-26-,30-29-,33-32-,36-35-,39-38-,42-41-,49-25+,57-55+,65-63+. The minimum Gasteiger partial charge on any atom is -0.756 e. The summed E-state index contributed by atoms with van der Waals surface area (Å²) < 4.78 is 23.4. The Labute approximate surface area is 499 Å². The van der Waals surface area contributed by atoms with Gasteiger partial charge in [-0.15, -0.1) is 0 Å². The lowest BCUT2D eigenvalue weighted by Crippen LogP contribution is -2.45. The first-order valence-electron chi connectivity index (χ1n) is 32.7. The topological polar surface area (TPSA) is 108 Å². The summed E-state index contributed by atoms with van der Waals surface area (Å²) in [4.78, 5) is 25.5. The molecule has 0 aliphatic heterocycles. The van der Waals surface area contributed by atoms with Crippen LogP contribution in [0.15, 0.2) is 146 Å². The molecule has 9 heteroatoms. The lowest BCUT2D eigenvalue weighted by atomic mass is 10.0. The fourth-order valence-electron chi connectivity index (χ4n) is 8.71. The second kappa shape index (κ2) is 61.0. The normalized spacial score (nSPS) is 14.7. The van der Waals surface area contributed by atoms with Gasteiger partial charge in [0.15, 0.2) is 0 Å². The van der Waals surface area contributed by atoms with Gasteiger partial charge in [-0.25, -0.2) is 0 Å². The van der Waals surface area contributed by atoms with Crippen LogP contribution in [-0.4, -0.2) is 68.5 Å². The lowest BCUT2D eigenvalue weighted by Gasteiger charge is -2.29. The van der Waals surface area contributed by atoms with Crippen molar-refractivity contribution in [1.82, 2.24) is 5.32 Å². The Morgan fingerprint density at radius 1 is 0.444 bits per heavy atom. The zero-order valence-corrected chi connectivity index (χ0v) is 53.6. The third-order valence-electron chi connectivity index (χ3n) is 13.8. The van der Waals surface area contributed by atoms with Crippen LogP contribution in [0.2, 0.25) is 0 Å². The molecule has 0 aromatic carbocycles. The van der Waals surface area contributed by atoms with E-state index >= 15 is 0 Å². The minimum atomic E-state index is -4.62. The fraction of sp³-hybridized carbons (Fsp3) is 0.653. The first-order valence-corrected chi connectivity index (χ1v) is 34.2. The number of unbranched alkanes of at least 4 members (excludes halogenated alkanes) is 23. The van der Waals surface area contributed by atoms with Gasteiger partial charge in [-0.2, -0.15) is 0 Å². The molecular formula is C72H123N2O6P. The Bertz CT molecular complexity index is 1830. The number of aliphatic hydroxyl groups excluding tert-OH is 1. The highest BCUT2D eigenvalue weighted by Gasteiger charge is 2.23. The second-order valence-corrected chi connectivity index (χ2v) is 24.1. The maximum Gasteiger partial charge on any atom is 0.268 e. The zero-order valence-electron chi connectivity index (χ0n) is 52.7. The molecule has 81 heavy (non-hydrogen) atoms. The van der Waals surface area contributed by atoms with Crippen molar-refractivity contribution in [2.75, 3.05) is 40.9 Å². The van der Waals surface area contributed by atoms with Gasteiger partial charge in [-0.3, -0.25) is 9.36 Å². The molecule has 0 saturated heterocycles. The summed E-state index contributed by atoms with van der Waals surface area (Å²) in [6.07, 6.45) is 93.8. The average Bonchev–Trinajstić information content (AvgIpc) is 3.43. The fourth-order valence-corrected chi connectivity index (χ4v) is 9.43. The van der Waals surface area contributed by atoms with Crippen LogP contribution >= 0.6 is 7.82 Å². The van der Waals surface area contributed by atoms with E-state index in [1.807, 2.05) is 27.2 Å². The number of hydrogen-bond acceptors (Lipinski definition) is 6. The van der Waals surface area contributed by atoms with Gasteiger partial charge in [0, 0.05) is 6.42 Å². The van der Waals surface area contributed by atoms with Gasteiger partial charge in [-0.1, -0.05) is 275 Å². The third-order valence-corrected chi connectivity index (χ3v) is 14.7. The number of aliphatic hydroxyl groups is 1. The molecule has 0 fully saturated rings. The lowest BCUT2D eigenvalue weighted by molar-refractivity contribution is -0.870. The molecule has 2 N–H and O–H groups in total. The Kier molecular flexibility index (Phi) is 58.2. The molecule has 0 aromatic heterocycles. The first-order chi connectivity index (χ1) is 39.5. The number of rotatable bonds is 58. The van der Waals surface area contributed by atoms with E-state index in [2.05, 4.69) is 153 Å². The SMILES string of the molecule is CC/C=C\C/C=C\C/C=C\C/C=C\C/C=C\C/C=C\C/C=C\C/C=C\C/C=C\CCCCCCCCCCCCCCCC(=O)NC(COP(=O)([O-])OCC[N+](C)(C)C)C(O)/C=C/CC/C=C/CC/C=C/CCCCCCCCCC. The molecular weight excluding hydrogens is 1020 g/mol. The van der Waals surface area contributed by atoms with Gasteiger partial charge in [0.2, 0.25) is 5.91 Å².